The number of amides is 2. The topological polar surface area (TPSA) is 63.2 Å². The molecule has 3 rings (SSSR count). The molecule has 0 fully saturated rings. The quantitative estimate of drug-likeness (QED) is 0.734. The van der Waals surface area contributed by atoms with E-state index in [-0.39, 0.29) is 12.1 Å². The number of nitrogens with one attached hydrogen (secondary N) is 2. The molecule has 0 bridgehead atoms. The molecule has 1 heterocycles. The summed E-state index contributed by atoms with van der Waals surface area (Å²) < 4.78 is 5.63. The van der Waals surface area contributed by atoms with Gasteiger partial charge < -0.3 is 15.4 Å². The smallest absolute Gasteiger partial charge is 0.323 e. The van der Waals surface area contributed by atoms with Crippen LogP contribution in [0.5, 0.6) is 5.75 Å². The van der Waals surface area contributed by atoms with Crippen molar-refractivity contribution in [1.82, 2.24) is 4.98 Å². The maximum Gasteiger partial charge on any atom is 0.323 e. The molecule has 0 atom stereocenters. The highest BCUT2D eigenvalue weighted by Gasteiger charge is 2.07. The van der Waals surface area contributed by atoms with Crippen LogP contribution in [0.2, 0.25) is 0 Å². The molecule has 2 N–H and O–H groups in total. The lowest BCUT2D eigenvalue weighted by Gasteiger charge is -2.12. The van der Waals surface area contributed by atoms with Crippen LogP contribution in [0.25, 0.3) is 10.9 Å². The van der Waals surface area contributed by atoms with Gasteiger partial charge in [-0.3, -0.25) is 4.98 Å². The molecule has 122 valence electrons. The van der Waals surface area contributed by atoms with Crippen molar-refractivity contribution in [2.45, 2.75) is 20.0 Å². The summed E-state index contributed by atoms with van der Waals surface area (Å²) in [6.07, 6.45) is 1.76. The van der Waals surface area contributed by atoms with Crippen molar-refractivity contribution < 1.29 is 9.53 Å². The summed E-state index contributed by atoms with van der Waals surface area (Å²) in [5.41, 5.74) is 2.22. The lowest BCUT2D eigenvalue weighted by molar-refractivity contribution is 0.242. The molecule has 0 saturated heterocycles. The minimum atomic E-state index is -0.312. The number of anilines is 2. The highest BCUT2D eigenvalue weighted by Crippen LogP contribution is 2.22. The molecular formula is C19H19N3O2. The number of ether oxygens (including phenoxy) is 1. The summed E-state index contributed by atoms with van der Waals surface area (Å²) in [5.74, 6) is 0.720. The standard InChI is InChI=1S/C19H19N3O2/c1-13(2)24-15-7-5-6-14(12-15)21-19(23)22-18-10-11-20-17-9-4-3-8-16(17)18/h3-13H,1-2H3,(H2,20,21,22,23). The molecule has 3 aromatic rings. The van der Waals surface area contributed by atoms with E-state index in [2.05, 4.69) is 15.6 Å². The molecule has 5 heteroatoms. The van der Waals surface area contributed by atoms with E-state index in [0.717, 1.165) is 16.7 Å². The summed E-state index contributed by atoms with van der Waals surface area (Å²) in [6.45, 7) is 3.92. The van der Waals surface area contributed by atoms with Gasteiger partial charge in [-0.15, -0.1) is 0 Å². The number of fused-ring (bicyclic) bond motifs is 1. The first kappa shape index (κ1) is 15.8. The highest BCUT2D eigenvalue weighted by atomic mass is 16.5. The van der Waals surface area contributed by atoms with Crippen molar-refractivity contribution in [2.24, 2.45) is 0 Å². The average molecular weight is 321 g/mol. The van der Waals surface area contributed by atoms with Crippen molar-refractivity contribution in [3.63, 3.8) is 0 Å². The first-order valence-corrected chi connectivity index (χ1v) is 7.80. The van der Waals surface area contributed by atoms with Crippen LogP contribution in [0, 0.1) is 0 Å². The Hall–Kier alpha value is -3.08. The van der Waals surface area contributed by atoms with Gasteiger partial charge in [0.1, 0.15) is 5.75 Å². The van der Waals surface area contributed by atoms with E-state index in [1.807, 2.05) is 56.3 Å². The molecule has 2 aromatic carbocycles. The molecule has 0 radical (unpaired) electrons. The summed E-state index contributed by atoms with van der Waals surface area (Å²) in [7, 11) is 0. The third-order valence-corrected chi connectivity index (χ3v) is 3.36. The lowest BCUT2D eigenvalue weighted by atomic mass is 10.2. The molecule has 0 unspecified atom stereocenters. The van der Waals surface area contributed by atoms with Gasteiger partial charge in [-0.2, -0.15) is 0 Å². The Bertz CT molecular complexity index is 857. The Labute approximate surface area is 140 Å². The summed E-state index contributed by atoms with van der Waals surface area (Å²) >= 11 is 0. The van der Waals surface area contributed by atoms with Crippen LogP contribution in [0.15, 0.2) is 60.8 Å². The number of carbonyl (C=O) groups is 1. The van der Waals surface area contributed by atoms with E-state index < -0.39 is 0 Å². The predicted molar refractivity (Wildman–Crippen MR) is 96.6 cm³/mol. The normalized spacial score (nSPS) is 10.6. The minimum Gasteiger partial charge on any atom is -0.491 e. The zero-order valence-electron chi connectivity index (χ0n) is 13.6. The van der Waals surface area contributed by atoms with Crippen LogP contribution in [-0.2, 0) is 0 Å². The third-order valence-electron chi connectivity index (χ3n) is 3.36. The largest absolute Gasteiger partial charge is 0.491 e. The second-order valence-electron chi connectivity index (χ2n) is 5.65. The maximum absolute atomic E-state index is 12.3. The summed E-state index contributed by atoms with van der Waals surface area (Å²) in [5, 5.41) is 6.58. The lowest BCUT2D eigenvalue weighted by Crippen LogP contribution is -2.19. The summed E-state index contributed by atoms with van der Waals surface area (Å²) in [4.78, 5) is 16.6. The Morgan fingerprint density at radius 1 is 1.04 bits per heavy atom. The number of rotatable bonds is 4. The zero-order chi connectivity index (χ0) is 16.9. The molecule has 2 amide bonds. The van der Waals surface area contributed by atoms with Gasteiger partial charge in [0, 0.05) is 23.3 Å². The predicted octanol–water partition coefficient (Wildman–Crippen LogP) is 4.67. The molecule has 0 aliphatic carbocycles. The Balaban J connectivity index is 1.73. The number of pyridine rings is 1. The molecule has 0 aliphatic rings. The van der Waals surface area contributed by atoms with Gasteiger partial charge in [-0.05, 0) is 38.1 Å². The molecule has 0 spiro atoms. The van der Waals surface area contributed by atoms with Crippen LogP contribution in [0.3, 0.4) is 0 Å². The molecule has 1 aromatic heterocycles. The number of carbonyl (C=O) groups excluding carboxylic acids is 1. The average Bonchev–Trinajstić information content (AvgIpc) is 2.55. The van der Waals surface area contributed by atoms with Gasteiger partial charge in [0.15, 0.2) is 0 Å². The number of nitrogens with zero attached hydrogens (tertiary/aromatic N) is 1. The molecule has 0 saturated carbocycles. The number of hydrogen-bond donors (Lipinski definition) is 2. The van der Waals surface area contributed by atoms with E-state index in [1.165, 1.54) is 0 Å². The van der Waals surface area contributed by atoms with Gasteiger partial charge in [0.2, 0.25) is 0 Å². The van der Waals surface area contributed by atoms with Crippen LogP contribution < -0.4 is 15.4 Å². The van der Waals surface area contributed by atoms with Crippen molar-refractivity contribution in [2.75, 3.05) is 10.6 Å². The highest BCUT2D eigenvalue weighted by molar-refractivity contribution is 6.05. The molecule has 24 heavy (non-hydrogen) atoms. The third kappa shape index (κ3) is 3.81. The number of urea groups is 1. The minimum absolute atomic E-state index is 0.0808. The van der Waals surface area contributed by atoms with Crippen molar-refractivity contribution in [3.05, 3.63) is 60.8 Å². The van der Waals surface area contributed by atoms with E-state index >= 15 is 0 Å². The van der Waals surface area contributed by atoms with Crippen molar-refractivity contribution in [1.29, 1.82) is 0 Å². The second kappa shape index (κ2) is 7.00. The molecule has 0 aliphatic heterocycles. The van der Waals surface area contributed by atoms with Crippen LogP contribution in [0.1, 0.15) is 13.8 Å². The Kier molecular flexibility index (Phi) is 4.61. The van der Waals surface area contributed by atoms with Crippen molar-refractivity contribution in [3.8, 4) is 5.75 Å². The number of benzene rings is 2. The monoisotopic (exact) mass is 321 g/mol. The number of para-hydroxylation sites is 1. The first-order valence-electron chi connectivity index (χ1n) is 7.80. The fourth-order valence-corrected chi connectivity index (χ4v) is 2.41. The van der Waals surface area contributed by atoms with E-state index in [9.17, 15) is 4.79 Å². The van der Waals surface area contributed by atoms with E-state index in [4.69, 9.17) is 4.74 Å². The van der Waals surface area contributed by atoms with Crippen molar-refractivity contribution >= 4 is 28.3 Å². The fraction of sp³-hybridized carbons (Fsp3) is 0.158. The Morgan fingerprint density at radius 2 is 1.88 bits per heavy atom. The number of aromatic nitrogens is 1. The van der Waals surface area contributed by atoms with Gasteiger partial charge >= 0.3 is 6.03 Å². The van der Waals surface area contributed by atoms with Gasteiger partial charge in [0.05, 0.1) is 17.3 Å². The van der Waals surface area contributed by atoms with Gasteiger partial charge in [0.25, 0.3) is 0 Å². The fourth-order valence-electron chi connectivity index (χ4n) is 2.41. The number of hydrogen-bond acceptors (Lipinski definition) is 3. The second-order valence-corrected chi connectivity index (χ2v) is 5.65. The van der Waals surface area contributed by atoms with Crippen LogP contribution >= 0.6 is 0 Å². The molecular weight excluding hydrogens is 302 g/mol. The molecule has 5 nitrogen and oxygen atoms in total. The maximum atomic E-state index is 12.3. The zero-order valence-corrected chi connectivity index (χ0v) is 13.6. The first-order chi connectivity index (χ1) is 11.6. The van der Waals surface area contributed by atoms with Gasteiger partial charge in [-0.1, -0.05) is 24.3 Å². The van der Waals surface area contributed by atoms with Gasteiger partial charge in [-0.25, -0.2) is 4.79 Å². The SMILES string of the molecule is CC(C)Oc1cccc(NC(=O)Nc2ccnc3ccccc23)c1. The van der Waals surface area contributed by atoms with E-state index in [1.54, 1.807) is 18.3 Å². The summed E-state index contributed by atoms with van der Waals surface area (Å²) in [6, 6.07) is 16.4. The van der Waals surface area contributed by atoms with E-state index in [0.29, 0.717) is 11.4 Å². The Morgan fingerprint density at radius 3 is 2.71 bits per heavy atom. The van der Waals surface area contributed by atoms with Crippen LogP contribution in [-0.4, -0.2) is 17.1 Å². The van der Waals surface area contributed by atoms with Crippen LogP contribution in [0.4, 0.5) is 16.2 Å².